The van der Waals surface area contributed by atoms with Crippen molar-refractivity contribution in [2.75, 3.05) is 12.4 Å². The number of ether oxygens (including phenoxy) is 1. The molecule has 94 valence electrons. The number of aryl methyl sites for hydroxylation is 1. The van der Waals surface area contributed by atoms with Crippen molar-refractivity contribution in [1.82, 2.24) is 9.97 Å². The Balaban J connectivity index is 2.37. The number of hydrogen-bond acceptors (Lipinski definition) is 4. The van der Waals surface area contributed by atoms with Crippen LogP contribution in [0, 0.1) is 6.92 Å². The molecule has 18 heavy (non-hydrogen) atoms. The maximum atomic E-state index is 5.94. The quantitative estimate of drug-likeness (QED) is 0.924. The minimum Gasteiger partial charge on any atom is -0.437 e. The Labute approximate surface area is 118 Å². The highest BCUT2D eigenvalue weighted by Gasteiger charge is 2.11. The fourth-order valence-corrected chi connectivity index (χ4v) is 2.03. The fourth-order valence-electron chi connectivity index (χ4n) is 1.39. The van der Waals surface area contributed by atoms with E-state index in [4.69, 9.17) is 16.3 Å². The fraction of sp³-hybridized carbons (Fsp3) is 0.167. The van der Waals surface area contributed by atoms with Crippen LogP contribution >= 0.6 is 27.5 Å². The van der Waals surface area contributed by atoms with Gasteiger partial charge in [-0.1, -0.05) is 17.7 Å². The normalized spacial score (nSPS) is 10.2. The molecule has 0 amide bonds. The SMILES string of the molecule is CNc1ncnc(Oc2cc(Cl)ccc2C)c1Br. The first-order chi connectivity index (χ1) is 8.61. The Morgan fingerprint density at radius 1 is 1.33 bits per heavy atom. The van der Waals surface area contributed by atoms with Crippen LogP contribution in [-0.2, 0) is 0 Å². The Bertz CT molecular complexity index is 577. The molecule has 0 fully saturated rings. The Morgan fingerprint density at radius 3 is 2.83 bits per heavy atom. The third-order valence-electron chi connectivity index (χ3n) is 2.35. The number of halogens is 2. The molecule has 0 unspecified atom stereocenters. The molecule has 0 spiro atoms. The summed E-state index contributed by atoms with van der Waals surface area (Å²) in [6, 6.07) is 5.47. The number of rotatable bonds is 3. The first-order valence-corrected chi connectivity index (χ1v) is 6.41. The van der Waals surface area contributed by atoms with Gasteiger partial charge in [0, 0.05) is 12.1 Å². The van der Waals surface area contributed by atoms with Gasteiger partial charge >= 0.3 is 0 Å². The second-order valence-corrected chi connectivity index (χ2v) is 4.83. The molecule has 0 aliphatic heterocycles. The van der Waals surface area contributed by atoms with E-state index in [9.17, 15) is 0 Å². The van der Waals surface area contributed by atoms with Crippen molar-refractivity contribution in [2.24, 2.45) is 0 Å². The molecule has 1 aromatic carbocycles. The zero-order valence-electron chi connectivity index (χ0n) is 9.87. The Kier molecular flexibility index (Phi) is 4.04. The summed E-state index contributed by atoms with van der Waals surface area (Å²) in [4.78, 5) is 8.15. The number of hydrogen-bond donors (Lipinski definition) is 1. The van der Waals surface area contributed by atoms with Crippen LogP contribution in [0.4, 0.5) is 5.82 Å². The predicted octanol–water partition coefficient (Wildman–Crippen LogP) is 4.03. The summed E-state index contributed by atoms with van der Waals surface area (Å²) in [5.74, 6) is 1.78. The third kappa shape index (κ3) is 2.73. The lowest BCUT2D eigenvalue weighted by atomic mass is 10.2. The summed E-state index contributed by atoms with van der Waals surface area (Å²) in [6.45, 7) is 1.94. The predicted molar refractivity (Wildman–Crippen MR) is 75.5 cm³/mol. The molecule has 2 rings (SSSR count). The monoisotopic (exact) mass is 327 g/mol. The minimum absolute atomic E-state index is 0.444. The summed E-state index contributed by atoms with van der Waals surface area (Å²) < 4.78 is 6.41. The molecule has 0 bridgehead atoms. The van der Waals surface area contributed by atoms with Crippen molar-refractivity contribution >= 4 is 33.3 Å². The summed E-state index contributed by atoms with van der Waals surface area (Å²) in [6.07, 6.45) is 1.44. The van der Waals surface area contributed by atoms with Gasteiger partial charge in [-0.15, -0.1) is 0 Å². The van der Waals surface area contributed by atoms with Gasteiger partial charge in [-0.05, 0) is 40.5 Å². The Hall–Kier alpha value is -1.33. The highest BCUT2D eigenvalue weighted by molar-refractivity contribution is 9.10. The van der Waals surface area contributed by atoms with Crippen LogP contribution in [0.5, 0.6) is 11.6 Å². The van der Waals surface area contributed by atoms with Gasteiger partial charge in [0.25, 0.3) is 0 Å². The lowest BCUT2D eigenvalue weighted by Gasteiger charge is -2.11. The van der Waals surface area contributed by atoms with Crippen molar-refractivity contribution < 1.29 is 4.74 Å². The van der Waals surface area contributed by atoms with Crippen LogP contribution in [0.15, 0.2) is 29.0 Å². The lowest BCUT2D eigenvalue weighted by molar-refractivity contribution is 0.455. The lowest BCUT2D eigenvalue weighted by Crippen LogP contribution is -1.98. The number of nitrogens with one attached hydrogen (secondary N) is 1. The van der Waals surface area contributed by atoms with Gasteiger partial charge in [0.15, 0.2) is 0 Å². The van der Waals surface area contributed by atoms with Crippen molar-refractivity contribution in [3.8, 4) is 11.6 Å². The molecule has 0 aliphatic rings. The first-order valence-electron chi connectivity index (χ1n) is 5.24. The highest BCUT2D eigenvalue weighted by Crippen LogP contribution is 2.33. The number of aromatic nitrogens is 2. The molecule has 4 nitrogen and oxygen atoms in total. The molecular formula is C12H11BrClN3O. The maximum Gasteiger partial charge on any atom is 0.238 e. The topological polar surface area (TPSA) is 47.0 Å². The van der Waals surface area contributed by atoms with Gasteiger partial charge in [-0.2, -0.15) is 0 Å². The number of anilines is 1. The largest absolute Gasteiger partial charge is 0.437 e. The average molecular weight is 329 g/mol. The molecule has 1 N–H and O–H groups in total. The van der Waals surface area contributed by atoms with E-state index in [0.29, 0.717) is 26.9 Å². The smallest absolute Gasteiger partial charge is 0.238 e. The van der Waals surface area contributed by atoms with Crippen molar-refractivity contribution in [2.45, 2.75) is 6.92 Å². The molecule has 1 heterocycles. The maximum absolute atomic E-state index is 5.94. The molecule has 0 saturated heterocycles. The molecule has 0 atom stereocenters. The number of nitrogens with zero attached hydrogens (tertiary/aromatic N) is 2. The van der Waals surface area contributed by atoms with E-state index in [-0.39, 0.29) is 0 Å². The van der Waals surface area contributed by atoms with Gasteiger partial charge in [-0.25, -0.2) is 9.97 Å². The summed E-state index contributed by atoms with van der Waals surface area (Å²) in [5.41, 5.74) is 0.982. The van der Waals surface area contributed by atoms with E-state index in [1.165, 1.54) is 6.33 Å². The second-order valence-electron chi connectivity index (χ2n) is 3.60. The van der Waals surface area contributed by atoms with E-state index in [0.717, 1.165) is 5.56 Å². The third-order valence-corrected chi connectivity index (χ3v) is 3.30. The van der Waals surface area contributed by atoms with Gasteiger partial charge in [0.1, 0.15) is 22.4 Å². The van der Waals surface area contributed by atoms with E-state index in [1.807, 2.05) is 19.1 Å². The zero-order chi connectivity index (χ0) is 13.1. The molecule has 0 saturated carbocycles. The van der Waals surface area contributed by atoms with Crippen molar-refractivity contribution in [3.05, 3.63) is 39.6 Å². The van der Waals surface area contributed by atoms with Crippen LogP contribution in [0.1, 0.15) is 5.56 Å². The van der Waals surface area contributed by atoms with Crippen molar-refractivity contribution in [1.29, 1.82) is 0 Å². The van der Waals surface area contributed by atoms with Gasteiger partial charge in [0.2, 0.25) is 5.88 Å². The standard InChI is InChI=1S/C12H11BrClN3O/c1-7-3-4-8(14)5-9(7)18-12-10(13)11(15-2)16-6-17-12/h3-6H,1-2H3,(H,15,16,17). The summed E-state index contributed by atoms with van der Waals surface area (Å²) in [5, 5.41) is 3.56. The number of benzene rings is 1. The second kappa shape index (κ2) is 5.54. The molecular weight excluding hydrogens is 318 g/mol. The van der Waals surface area contributed by atoms with Crippen LogP contribution in [0.25, 0.3) is 0 Å². The van der Waals surface area contributed by atoms with Gasteiger partial charge in [-0.3, -0.25) is 0 Å². The summed E-state index contributed by atoms with van der Waals surface area (Å²) in [7, 11) is 1.78. The van der Waals surface area contributed by atoms with Crippen LogP contribution in [0.3, 0.4) is 0 Å². The Morgan fingerprint density at radius 2 is 2.11 bits per heavy atom. The van der Waals surface area contributed by atoms with Crippen LogP contribution in [0.2, 0.25) is 5.02 Å². The van der Waals surface area contributed by atoms with Crippen LogP contribution < -0.4 is 10.1 Å². The molecule has 2 aromatic rings. The van der Waals surface area contributed by atoms with E-state index < -0.39 is 0 Å². The average Bonchev–Trinajstić information content (AvgIpc) is 2.36. The minimum atomic E-state index is 0.444. The molecule has 6 heteroatoms. The first kappa shape index (κ1) is 13.1. The van der Waals surface area contributed by atoms with E-state index >= 15 is 0 Å². The highest BCUT2D eigenvalue weighted by atomic mass is 79.9. The van der Waals surface area contributed by atoms with E-state index in [1.54, 1.807) is 13.1 Å². The summed E-state index contributed by atoms with van der Waals surface area (Å²) >= 11 is 9.34. The van der Waals surface area contributed by atoms with Crippen LogP contribution in [-0.4, -0.2) is 17.0 Å². The van der Waals surface area contributed by atoms with Gasteiger partial charge < -0.3 is 10.1 Å². The molecule has 1 aromatic heterocycles. The molecule has 0 radical (unpaired) electrons. The van der Waals surface area contributed by atoms with E-state index in [2.05, 4.69) is 31.2 Å². The molecule has 0 aliphatic carbocycles. The zero-order valence-corrected chi connectivity index (χ0v) is 12.2. The van der Waals surface area contributed by atoms with Gasteiger partial charge in [0.05, 0.1) is 0 Å². The van der Waals surface area contributed by atoms with Crippen molar-refractivity contribution in [3.63, 3.8) is 0 Å².